The molecule has 0 bridgehead atoms. The van der Waals surface area contributed by atoms with Crippen LogP contribution >= 0.6 is 0 Å². The van der Waals surface area contributed by atoms with Crippen LogP contribution in [0.2, 0.25) is 0 Å². The zero-order valence-electron chi connectivity index (χ0n) is 11.8. The summed E-state index contributed by atoms with van der Waals surface area (Å²) in [4.78, 5) is 12.0. The van der Waals surface area contributed by atoms with Crippen molar-refractivity contribution >= 4 is 16.9 Å². The molecule has 1 aromatic heterocycles. The van der Waals surface area contributed by atoms with E-state index in [-0.39, 0.29) is 0 Å². The molecule has 20 heavy (non-hydrogen) atoms. The molecule has 0 saturated carbocycles. The number of hydrogen-bond donors (Lipinski definition) is 1. The number of aromatic nitrogens is 2. The summed E-state index contributed by atoms with van der Waals surface area (Å²) in [5.74, 6) is 1.84. The zero-order valence-corrected chi connectivity index (χ0v) is 11.8. The van der Waals surface area contributed by atoms with E-state index >= 15 is 0 Å². The Morgan fingerprint density at radius 2 is 1.95 bits per heavy atom. The lowest BCUT2D eigenvalue weighted by molar-refractivity contribution is 0.340. The molecular weight excluding hydrogens is 248 g/mol. The topological polar surface area (TPSA) is 41.1 Å². The van der Waals surface area contributed by atoms with Gasteiger partial charge in [0, 0.05) is 19.1 Å². The van der Waals surface area contributed by atoms with E-state index in [4.69, 9.17) is 9.97 Å². The molecule has 104 valence electrons. The van der Waals surface area contributed by atoms with Gasteiger partial charge in [0.2, 0.25) is 0 Å². The number of piperidine rings is 1. The lowest BCUT2D eigenvalue weighted by Crippen LogP contribution is -2.40. The molecule has 0 amide bonds. The lowest BCUT2D eigenvalue weighted by Gasteiger charge is -2.24. The normalized spacial score (nSPS) is 25.9. The molecule has 1 aromatic carbocycles. The molecule has 2 fully saturated rings. The van der Waals surface area contributed by atoms with E-state index in [1.807, 2.05) is 24.3 Å². The first-order chi connectivity index (χ1) is 9.81. The average Bonchev–Trinajstić information content (AvgIpc) is 2.90. The van der Waals surface area contributed by atoms with Crippen LogP contribution in [0.3, 0.4) is 0 Å². The van der Waals surface area contributed by atoms with Crippen molar-refractivity contribution in [1.29, 1.82) is 0 Å². The Labute approximate surface area is 119 Å². The highest BCUT2D eigenvalue weighted by Crippen LogP contribution is 2.30. The number of nitrogens with one attached hydrogen (secondary N) is 1. The largest absolute Gasteiger partial charge is 0.353 e. The third kappa shape index (κ3) is 1.95. The molecule has 2 unspecified atom stereocenters. The molecule has 4 rings (SSSR count). The van der Waals surface area contributed by atoms with E-state index in [1.165, 1.54) is 12.8 Å². The van der Waals surface area contributed by atoms with E-state index in [2.05, 4.69) is 17.1 Å². The van der Waals surface area contributed by atoms with Crippen molar-refractivity contribution < 1.29 is 0 Å². The van der Waals surface area contributed by atoms with Crippen molar-refractivity contribution in [3.63, 3.8) is 0 Å². The molecule has 2 aliphatic rings. The SMILES string of the molecule is Cc1nc2ccccc2nc1N1CC2CCCNC2C1. The maximum atomic E-state index is 4.85. The number of benzene rings is 1. The molecule has 2 atom stereocenters. The number of hydrogen-bond acceptors (Lipinski definition) is 4. The maximum Gasteiger partial charge on any atom is 0.150 e. The quantitative estimate of drug-likeness (QED) is 0.860. The molecule has 2 aliphatic heterocycles. The zero-order chi connectivity index (χ0) is 13.5. The van der Waals surface area contributed by atoms with Crippen molar-refractivity contribution in [2.45, 2.75) is 25.8 Å². The van der Waals surface area contributed by atoms with E-state index < -0.39 is 0 Å². The van der Waals surface area contributed by atoms with Crippen LogP contribution in [0.5, 0.6) is 0 Å². The van der Waals surface area contributed by atoms with Crippen LogP contribution < -0.4 is 10.2 Å². The molecule has 3 heterocycles. The van der Waals surface area contributed by atoms with Crippen molar-refractivity contribution in [3.8, 4) is 0 Å². The highest BCUT2D eigenvalue weighted by Gasteiger charge is 2.35. The Balaban J connectivity index is 1.70. The Kier molecular flexibility index (Phi) is 2.84. The number of anilines is 1. The molecule has 0 aliphatic carbocycles. The minimum Gasteiger partial charge on any atom is -0.353 e. The number of nitrogens with zero attached hydrogens (tertiary/aromatic N) is 3. The number of aryl methyl sites for hydroxylation is 1. The van der Waals surface area contributed by atoms with Gasteiger partial charge in [0.05, 0.1) is 16.7 Å². The second-order valence-corrected chi connectivity index (χ2v) is 5.99. The average molecular weight is 268 g/mol. The van der Waals surface area contributed by atoms with Gasteiger partial charge in [0.25, 0.3) is 0 Å². The van der Waals surface area contributed by atoms with Gasteiger partial charge in [-0.15, -0.1) is 0 Å². The fraction of sp³-hybridized carbons (Fsp3) is 0.500. The van der Waals surface area contributed by atoms with Crippen molar-refractivity contribution in [2.24, 2.45) is 5.92 Å². The summed E-state index contributed by atoms with van der Waals surface area (Å²) in [6.07, 6.45) is 2.64. The smallest absolute Gasteiger partial charge is 0.150 e. The van der Waals surface area contributed by atoms with Gasteiger partial charge in [0.1, 0.15) is 0 Å². The highest BCUT2D eigenvalue weighted by atomic mass is 15.3. The van der Waals surface area contributed by atoms with Gasteiger partial charge in [0.15, 0.2) is 5.82 Å². The summed E-state index contributed by atoms with van der Waals surface area (Å²) >= 11 is 0. The van der Waals surface area contributed by atoms with E-state index in [1.54, 1.807) is 0 Å². The standard InChI is InChI=1S/C16H20N4/c1-11-16(19-14-7-3-2-6-13(14)18-11)20-9-12-5-4-8-17-15(12)10-20/h2-3,6-7,12,15,17H,4-5,8-10H2,1H3. The summed E-state index contributed by atoms with van der Waals surface area (Å²) in [6, 6.07) is 8.76. The second kappa shape index (κ2) is 4.70. The summed E-state index contributed by atoms with van der Waals surface area (Å²) in [5.41, 5.74) is 3.03. The summed E-state index contributed by atoms with van der Waals surface area (Å²) < 4.78 is 0. The Hall–Kier alpha value is -1.68. The number of fused-ring (bicyclic) bond motifs is 2. The van der Waals surface area contributed by atoms with Crippen LogP contribution in [0.15, 0.2) is 24.3 Å². The molecule has 4 heteroatoms. The molecule has 4 nitrogen and oxygen atoms in total. The van der Waals surface area contributed by atoms with Gasteiger partial charge in [-0.1, -0.05) is 12.1 Å². The van der Waals surface area contributed by atoms with Gasteiger partial charge in [-0.05, 0) is 44.4 Å². The molecule has 1 N–H and O–H groups in total. The van der Waals surface area contributed by atoms with Gasteiger partial charge in [-0.3, -0.25) is 0 Å². The van der Waals surface area contributed by atoms with Crippen LogP contribution in [-0.4, -0.2) is 35.6 Å². The third-order valence-electron chi connectivity index (χ3n) is 4.62. The predicted molar refractivity (Wildman–Crippen MR) is 81.0 cm³/mol. The minimum absolute atomic E-state index is 0.636. The monoisotopic (exact) mass is 268 g/mol. The Morgan fingerprint density at radius 3 is 2.75 bits per heavy atom. The number of rotatable bonds is 1. The first kappa shape index (κ1) is 12.1. The molecule has 0 spiro atoms. The van der Waals surface area contributed by atoms with E-state index in [0.29, 0.717) is 6.04 Å². The molecular formula is C16H20N4. The maximum absolute atomic E-state index is 4.85. The Morgan fingerprint density at radius 1 is 1.15 bits per heavy atom. The Bertz CT molecular complexity index is 625. The van der Waals surface area contributed by atoms with Crippen LogP contribution in [0.4, 0.5) is 5.82 Å². The van der Waals surface area contributed by atoms with E-state index in [0.717, 1.165) is 48.1 Å². The van der Waals surface area contributed by atoms with Crippen LogP contribution in [0.25, 0.3) is 11.0 Å². The second-order valence-electron chi connectivity index (χ2n) is 5.99. The summed E-state index contributed by atoms with van der Waals surface area (Å²) in [7, 11) is 0. The molecule has 2 aromatic rings. The first-order valence-electron chi connectivity index (χ1n) is 7.53. The number of para-hydroxylation sites is 2. The van der Waals surface area contributed by atoms with Crippen molar-refractivity contribution in [1.82, 2.24) is 15.3 Å². The van der Waals surface area contributed by atoms with Gasteiger partial charge in [-0.25, -0.2) is 9.97 Å². The minimum atomic E-state index is 0.636. The lowest BCUT2D eigenvalue weighted by atomic mass is 9.94. The molecule has 0 radical (unpaired) electrons. The first-order valence-corrected chi connectivity index (χ1v) is 7.53. The van der Waals surface area contributed by atoms with Crippen molar-refractivity contribution in [2.75, 3.05) is 24.5 Å². The summed E-state index contributed by atoms with van der Waals surface area (Å²) in [5, 5.41) is 3.65. The fourth-order valence-corrected chi connectivity index (χ4v) is 3.60. The van der Waals surface area contributed by atoms with Gasteiger partial charge in [-0.2, -0.15) is 0 Å². The van der Waals surface area contributed by atoms with Gasteiger partial charge >= 0.3 is 0 Å². The van der Waals surface area contributed by atoms with Gasteiger partial charge < -0.3 is 10.2 Å². The van der Waals surface area contributed by atoms with E-state index in [9.17, 15) is 0 Å². The van der Waals surface area contributed by atoms with Crippen LogP contribution in [-0.2, 0) is 0 Å². The van der Waals surface area contributed by atoms with Crippen molar-refractivity contribution in [3.05, 3.63) is 30.0 Å². The fourth-order valence-electron chi connectivity index (χ4n) is 3.60. The predicted octanol–water partition coefficient (Wildman–Crippen LogP) is 2.13. The molecule has 2 saturated heterocycles. The van der Waals surface area contributed by atoms with Crippen LogP contribution in [0.1, 0.15) is 18.5 Å². The van der Waals surface area contributed by atoms with Crippen LogP contribution in [0, 0.1) is 12.8 Å². The third-order valence-corrected chi connectivity index (χ3v) is 4.62. The summed E-state index contributed by atoms with van der Waals surface area (Å²) in [6.45, 7) is 5.42. The highest BCUT2D eigenvalue weighted by molar-refractivity contribution is 5.76.